The van der Waals surface area contributed by atoms with E-state index in [-0.39, 0.29) is 24.0 Å². The van der Waals surface area contributed by atoms with Crippen LogP contribution in [0.4, 0.5) is 0 Å². The fourth-order valence-electron chi connectivity index (χ4n) is 4.37. The molecule has 0 aromatic heterocycles. The number of nitrogens with one attached hydrogen (secondary N) is 2. The summed E-state index contributed by atoms with van der Waals surface area (Å²) in [7, 11) is 1.83. The number of hydrogen-bond acceptors (Lipinski definition) is 2. The highest BCUT2D eigenvalue weighted by molar-refractivity contribution is 14.0. The van der Waals surface area contributed by atoms with E-state index in [1.54, 1.807) is 5.57 Å². The van der Waals surface area contributed by atoms with Gasteiger partial charge in [0.15, 0.2) is 5.96 Å². The number of nitrogens with zero attached hydrogens (tertiary/aromatic N) is 2. The molecule has 0 radical (unpaired) electrons. The Labute approximate surface area is 175 Å². The van der Waals surface area contributed by atoms with Crippen molar-refractivity contribution in [3.05, 3.63) is 11.6 Å². The Morgan fingerprint density at radius 2 is 2.04 bits per heavy atom. The molecule has 2 aliphatic carbocycles. The van der Waals surface area contributed by atoms with Crippen molar-refractivity contribution < 1.29 is 4.79 Å². The molecule has 148 valence electrons. The van der Waals surface area contributed by atoms with Gasteiger partial charge in [0.25, 0.3) is 0 Å². The van der Waals surface area contributed by atoms with Crippen LogP contribution in [0.3, 0.4) is 0 Å². The third-order valence-electron chi connectivity index (χ3n) is 5.89. The molecule has 1 amide bonds. The summed E-state index contributed by atoms with van der Waals surface area (Å²) in [6, 6.07) is 0.324. The zero-order valence-corrected chi connectivity index (χ0v) is 18.5. The molecule has 6 heteroatoms. The molecule has 2 N–H and O–H groups in total. The highest BCUT2D eigenvalue weighted by Crippen LogP contribution is 2.27. The second-order valence-electron chi connectivity index (χ2n) is 7.75. The summed E-state index contributed by atoms with van der Waals surface area (Å²) >= 11 is 0. The van der Waals surface area contributed by atoms with Gasteiger partial charge in [0.2, 0.25) is 5.91 Å². The van der Waals surface area contributed by atoms with E-state index >= 15 is 0 Å². The molecule has 3 aliphatic rings. The van der Waals surface area contributed by atoms with E-state index in [0.717, 1.165) is 51.3 Å². The molecule has 3 rings (SSSR count). The summed E-state index contributed by atoms with van der Waals surface area (Å²) in [6.07, 6.45) is 14.3. The Balaban J connectivity index is 0.00000243. The number of carbonyl (C=O) groups excluding carboxylic acids is 1. The van der Waals surface area contributed by atoms with Crippen LogP contribution in [0.2, 0.25) is 0 Å². The minimum absolute atomic E-state index is 0. The fraction of sp³-hybridized carbons (Fsp3) is 0.800. The maximum absolute atomic E-state index is 12.5. The summed E-state index contributed by atoms with van der Waals surface area (Å²) in [5.41, 5.74) is 1.59. The van der Waals surface area contributed by atoms with Gasteiger partial charge < -0.3 is 15.5 Å². The van der Waals surface area contributed by atoms with Crippen molar-refractivity contribution in [3.8, 4) is 0 Å². The lowest BCUT2D eigenvalue weighted by Gasteiger charge is -2.21. The molecule has 0 aromatic rings. The number of allylic oxidation sites excluding steroid dienone is 1. The van der Waals surface area contributed by atoms with Crippen LogP contribution in [-0.2, 0) is 4.79 Å². The molecule has 26 heavy (non-hydrogen) atoms. The molecule has 1 saturated carbocycles. The van der Waals surface area contributed by atoms with Crippen LogP contribution in [0.15, 0.2) is 16.6 Å². The number of likely N-dealkylation sites (tertiary alicyclic amines) is 1. The van der Waals surface area contributed by atoms with Crippen molar-refractivity contribution >= 4 is 35.8 Å². The van der Waals surface area contributed by atoms with Crippen LogP contribution in [0.1, 0.15) is 64.2 Å². The Morgan fingerprint density at radius 1 is 1.23 bits per heavy atom. The molecule has 0 aromatic carbocycles. The zero-order valence-electron chi connectivity index (χ0n) is 16.1. The molecule has 5 nitrogen and oxygen atoms in total. The van der Waals surface area contributed by atoms with Gasteiger partial charge in [0.1, 0.15) is 0 Å². The molecule has 1 heterocycles. The smallest absolute Gasteiger partial charge is 0.225 e. The second-order valence-corrected chi connectivity index (χ2v) is 7.75. The van der Waals surface area contributed by atoms with Crippen LogP contribution in [0, 0.1) is 5.92 Å². The number of hydrogen-bond donors (Lipinski definition) is 2. The normalized spacial score (nSPS) is 24.2. The standard InChI is InChI=1S/C20H34N4O.HI/c1-21-20(22-13-11-16-7-3-2-4-8-16)23-18-12-14-24(15-18)19(25)17-9-5-6-10-17;/h7,17-18H,2-6,8-15H2,1H3,(H2,21,22,23);1H. The quantitative estimate of drug-likeness (QED) is 0.278. The first-order chi connectivity index (χ1) is 12.3. The van der Waals surface area contributed by atoms with Crippen LogP contribution < -0.4 is 10.6 Å². The number of guanidine groups is 1. The van der Waals surface area contributed by atoms with Crippen molar-refractivity contribution in [2.24, 2.45) is 10.9 Å². The zero-order chi connectivity index (χ0) is 17.5. The van der Waals surface area contributed by atoms with Crippen molar-refractivity contribution in [2.45, 2.75) is 70.3 Å². The highest BCUT2D eigenvalue weighted by Gasteiger charge is 2.32. The lowest BCUT2D eigenvalue weighted by molar-refractivity contribution is -0.134. The first kappa shape index (κ1) is 21.5. The SMILES string of the molecule is CN=C(NCCC1=CCCCC1)NC1CCN(C(=O)C2CCCC2)C1.I. The van der Waals surface area contributed by atoms with Gasteiger partial charge in [-0.15, -0.1) is 24.0 Å². The Morgan fingerprint density at radius 3 is 2.73 bits per heavy atom. The number of rotatable bonds is 5. The Kier molecular flexibility index (Phi) is 9.22. The van der Waals surface area contributed by atoms with Crippen molar-refractivity contribution in [1.82, 2.24) is 15.5 Å². The predicted molar refractivity (Wildman–Crippen MR) is 118 cm³/mol. The second kappa shape index (κ2) is 11.1. The van der Waals surface area contributed by atoms with Gasteiger partial charge in [-0.2, -0.15) is 0 Å². The average molecular weight is 474 g/mol. The predicted octanol–water partition coefficient (Wildman–Crippen LogP) is 3.45. The van der Waals surface area contributed by atoms with Gasteiger partial charge in [-0.05, 0) is 51.4 Å². The number of aliphatic imine (C=N–C) groups is 1. The van der Waals surface area contributed by atoms with Crippen LogP contribution in [-0.4, -0.2) is 49.5 Å². The van der Waals surface area contributed by atoms with Crippen LogP contribution >= 0.6 is 24.0 Å². The number of halogens is 1. The van der Waals surface area contributed by atoms with Crippen molar-refractivity contribution in [3.63, 3.8) is 0 Å². The Bertz CT molecular complexity index is 514. The molecule has 1 aliphatic heterocycles. The first-order valence-electron chi connectivity index (χ1n) is 10.2. The number of carbonyl (C=O) groups is 1. The van der Waals surface area contributed by atoms with Gasteiger partial charge >= 0.3 is 0 Å². The van der Waals surface area contributed by atoms with E-state index in [0.29, 0.717) is 17.9 Å². The van der Waals surface area contributed by atoms with Gasteiger partial charge in [-0.25, -0.2) is 0 Å². The lowest BCUT2D eigenvalue weighted by atomic mass is 9.97. The monoisotopic (exact) mass is 474 g/mol. The molecule has 2 fully saturated rings. The molecule has 1 saturated heterocycles. The van der Waals surface area contributed by atoms with E-state index in [1.807, 2.05) is 7.05 Å². The van der Waals surface area contributed by atoms with Gasteiger partial charge in [0, 0.05) is 38.6 Å². The minimum Gasteiger partial charge on any atom is -0.356 e. The van der Waals surface area contributed by atoms with Gasteiger partial charge in [-0.3, -0.25) is 9.79 Å². The Hall–Kier alpha value is -0.790. The van der Waals surface area contributed by atoms with Gasteiger partial charge in [-0.1, -0.05) is 24.5 Å². The van der Waals surface area contributed by atoms with Crippen molar-refractivity contribution in [1.29, 1.82) is 0 Å². The molecule has 0 bridgehead atoms. The summed E-state index contributed by atoms with van der Waals surface area (Å²) in [5, 5.41) is 6.94. The van der Waals surface area contributed by atoms with E-state index in [4.69, 9.17) is 0 Å². The van der Waals surface area contributed by atoms with Gasteiger partial charge in [0.05, 0.1) is 0 Å². The summed E-state index contributed by atoms with van der Waals surface area (Å²) in [6.45, 7) is 2.64. The third-order valence-corrected chi connectivity index (χ3v) is 5.89. The summed E-state index contributed by atoms with van der Waals surface area (Å²) in [5.74, 6) is 1.55. The topological polar surface area (TPSA) is 56.7 Å². The van der Waals surface area contributed by atoms with Crippen molar-refractivity contribution in [2.75, 3.05) is 26.7 Å². The number of amides is 1. The lowest BCUT2D eigenvalue weighted by Crippen LogP contribution is -2.45. The maximum Gasteiger partial charge on any atom is 0.225 e. The minimum atomic E-state index is 0. The third kappa shape index (κ3) is 6.13. The van der Waals surface area contributed by atoms with Crippen LogP contribution in [0.25, 0.3) is 0 Å². The maximum atomic E-state index is 12.5. The molecular weight excluding hydrogens is 439 g/mol. The van der Waals surface area contributed by atoms with E-state index in [2.05, 4.69) is 26.6 Å². The molecule has 1 atom stereocenters. The van der Waals surface area contributed by atoms with E-state index in [1.165, 1.54) is 38.5 Å². The van der Waals surface area contributed by atoms with E-state index < -0.39 is 0 Å². The highest BCUT2D eigenvalue weighted by atomic mass is 127. The van der Waals surface area contributed by atoms with E-state index in [9.17, 15) is 4.79 Å². The molecular formula is C20H35IN4O. The summed E-state index contributed by atoms with van der Waals surface area (Å²) in [4.78, 5) is 19.0. The molecule has 0 spiro atoms. The largest absolute Gasteiger partial charge is 0.356 e. The fourth-order valence-corrected chi connectivity index (χ4v) is 4.37. The summed E-state index contributed by atoms with van der Waals surface area (Å²) < 4.78 is 0. The average Bonchev–Trinajstić information content (AvgIpc) is 3.33. The molecule has 1 unspecified atom stereocenters. The first-order valence-corrected chi connectivity index (χ1v) is 10.2. The van der Waals surface area contributed by atoms with Crippen LogP contribution in [0.5, 0.6) is 0 Å².